The Kier molecular flexibility index (Phi) is 8.91. The number of likely N-dealkylation sites (N-methyl/N-ethyl adjacent to an activating group) is 1. The third-order valence-electron chi connectivity index (χ3n) is 9.59. The molecule has 4 amide bonds. The number of hydrogen-bond acceptors (Lipinski definition) is 6. The number of phenols is 1. The minimum Gasteiger partial charge on any atom is -0.508 e. The number of phenolic OH excluding ortho intramolecular Hbond substituents is 1. The Morgan fingerprint density at radius 1 is 0.939 bits per heavy atom. The van der Waals surface area contributed by atoms with Crippen LogP contribution in [0.2, 0.25) is 0 Å². The first kappa shape index (κ1) is 32.1. The topological polar surface area (TPSA) is 141 Å². The Labute approximate surface area is 285 Å². The van der Waals surface area contributed by atoms with Crippen molar-refractivity contribution in [1.29, 1.82) is 0 Å². The van der Waals surface area contributed by atoms with Crippen molar-refractivity contribution in [2.24, 2.45) is 0 Å². The SMILES string of the molecule is CN1CC(=O)N2[C@@H](Cc3ccc(O)cc3)C(=O)N(Cc3cccc4c3C[N-][NH+]4Cc3ccccc3N)C[C@@H]2N1C(=O)NCc1ccccc1. The summed E-state index contributed by atoms with van der Waals surface area (Å²) in [6.45, 7) is 1.81. The Balaban J connectivity index is 1.18. The fourth-order valence-electron chi connectivity index (χ4n) is 7.09. The number of amides is 4. The number of carbonyl (C=O) groups is 3. The molecule has 7 rings (SSSR count). The number of fused-ring (bicyclic) bond motifs is 2. The molecule has 12 heteroatoms. The standard InChI is InChI=1S/C37H40N8O4/c1-41-24-35(47)44-33(18-25-14-16-29(46)17-15-25)36(48)42(23-34(44)45(41)37(49)39-19-26-8-3-2-4-9-26)21-27-11-7-13-32-30(27)20-40-43(32)22-28-10-5-6-12-31(28)38/h2-17,33-34,43,46H,18-24,38H2,1H3,(H,39,49)/t33-,34-/m0/s1. The summed E-state index contributed by atoms with van der Waals surface area (Å²) in [6, 6.07) is 28.9. The molecule has 3 aliphatic heterocycles. The van der Waals surface area contributed by atoms with Crippen LogP contribution in [0.3, 0.4) is 0 Å². The Bertz CT molecular complexity index is 1850. The van der Waals surface area contributed by atoms with E-state index in [0.29, 0.717) is 26.2 Å². The van der Waals surface area contributed by atoms with Crippen LogP contribution in [-0.4, -0.2) is 75.1 Å². The van der Waals surface area contributed by atoms with Gasteiger partial charge in [-0.25, -0.2) is 14.8 Å². The third kappa shape index (κ3) is 6.53. The maximum atomic E-state index is 14.4. The van der Waals surface area contributed by atoms with Crippen molar-refractivity contribution in [2.75, 3.05) is 25.9 Å². The number of hydrazine groups is 1. The summed E-state index contributed by atoms with van der Waals surface area (Å²) in [7, 11) is 1.72. The normalized spacial score (nSPS) is 20.7. The first-order chi connectivity index (χ1) is 23.8. The highest BCUT2D eigenvalue weighted by molar-refractivity contribution is 5.91. The van der Waals surface area contributed by atoms with Crippen LogP contribution in [0.4, 0.5) is 16.2 Å². The Hall–Kier alpha value is -5.43. The lowest BCUT2D eigenvalue weighted by Crippen LogP contribution is -3.00. The van der Waals surface area contributed by atoms with E-state index in [1.54, 1.807) is 51.1 Å². The number of anilines is 1. The summed E-state index contributed by atoms with van der Waals surface area (Å²) in [5, 5.41) is 17.0. The van der Waals surface area contributed by atoms with Crippen LogP contribution in [0.25, 0.3) is 5.43 Å². The van der Waals surface area contributed by atoms with Crippen molar-refractivity contribution in [2.45, 2.75) is 44.8 Å². The summed E-state index contributed by atoms with van der Waals surface area (Å²) in [6.07, 6.45) is -0.494. The molecule has 4 aromatic rings. The fourth-order valence-corrected chi connectivity index (χ4v) is 7.09. The van der Waals surface area contributed by atoms with Crippen LogP contribution in [0, 0.1) is 0 Å². The molecule has 0 aromatic heterocycles. The zero-order chi connectivity index (χ0) is 34.1. The number of nitrogens with two attached hydrogens (primary N) is 1. The van der Waals surface area contributed by atoms with Crippen molar-refractivity contribution < 1.29 is 24.5 Å². The summed E-state index contributed by atoms with van der Waals surface area (Å²) in [5.41, 5.74) is 17.7. The highest BCUT2D eigenvalue weighted by Crippen LogP contribution is 2.31. The largest absolute Gasteiger partial charge is 0.508 e. The number of aromatic hydroxyl groups is 1. The van der Waals surface area contributed by atoms with Crippen molar-refractivity contribution in [3.8, 4) is 5.75 Å². The average Bonchev–Trinajstić information content (AvgIpc) is 3.51. The predicted octanol–water partition coefficient (Wildman–Crippen LogP) is 2.67. The van der Waals surface area contributed by atoms with Gasteiger partial charge >= 0.3 is 6.03 Å². The van der Waals surface area contributed by atoms with Gasteiger partial charge in [0, 0.05) is 43.4 Å². The van der Waals surface area contributed by atoms with E-state index in [1.165, 1.54) is 0 Å². The summed E-state index contributed by atoms with van der Waals surface area (Å²) in [4.78, 5) is 45.3. The number of rotatable bonds is 8. The van der Waals surface area contributed by atoms with Gasteiger partial charge in [0.05, 0.1) is 13.1 Å². The lowest BCUT2D eigenvalue weighted by molar-refractivity contribution is -0.803. The second-order valence-electron chi connectivity index (χ2n) is 12.8. The van der Waals surface area contributed by atoms with Crippen LogP contribution in [0.15, 0.2) is 97.1 Å². The molecule has 2 fully saturated rings. The molecular formula is C37H40N8O4. The number of quaternary nitrogens is 1. The van der Waals surface area contributed by atoms with Crippen LogP contribution in [0.1, 0.15) is 27.8 Å². The van der Waals surface area contributed by atoms with Gasteiger partial charge in [0.25, 0.3) is 0 Å². The van der Waals surface area contributed by atoms with Gasteiger partial charge < -0.3 is 36.4 Å². The predicted molar refractivity (Wildman–Crippen MR) is 183 cm³/mol. The first-order valence-electron chi connectivity index (χ1n) is 16.4. The molecule has 12 nitrogen and oxygen atoms in total. The van der Waals surface area contributed by atoms with Gasteiger partial charge in [0.15, 0.2) is 0 Å². The lowest BCUT2D eigenvalue weighted by atomic mass is 9.97. The van der Waals surface area contributed by atoms with Gasteiger partial charge in [-0.2, -0.15) is 0 Å². The lowest BCUT2D eigenvalue weighted by Gasteiger charge is -2.54. The minimum atomic E-state index is -0.849. The monoisotopic (exact) mass is 660 g/mol. The van der Waals surface area contributed by atoms with Crippen LogP contribution in [0.5, 0.6) is 5.75 Å². The second-order valence-corrected chi connectivity index (χ2v) is 12.8. The number of carbonyl (C=O) groups excluding carboxylic acids is 3. The smallest absolute Gasteiger partial charge is 0.334 e. The number of para-hydroxylation sites is 1. The van der Waals surface area contributed by atoms with E-state index in [9.17, 15) is 19.5 Å². The average molecular weight is 661 g/mol. The van der Waals surface area contributed by atoms with E-state index in [-0.39, 0.29) is 43.1 Å². The highest BCUT2D eigenvalue weighted by atomic mass is 16.3. The summed E-state index contributed by atoms with van der Waals surface area (Å²) < 4.78 is 0. The van der Waals surface area contributed by atoms with E-state index in [2.05, 4.69) is 11.4 Å². The fraction of sp³-hybridized carbons (Fsp3) is 0.270. The molecule has 3 atom stereocenters. The number of urea groups is 1. The van der Waals surface area contributed by atoms with Gasteiger partial charge in [-0.15, -0.1) is 0 Å². The molecule has 0 saturated carbocycles. The van der Waals surface area contributed by atoms with Gasteiger partial charge in [-0.05, 0) is 41.0 Å². The number of nitrogens with one attached hydrogen (secondary N) is 2. The van der Waals surface area contributed by atoms with Crippen LogP contribution >= 0.6 is 0 Å². The zero-order valence-electron chi connectivity index (χ0n) is 27.3. The van der Waals surface area contributed by atoms with Gasteiger partial charge in [-0.1, -0.05) is 79.3 Å². The molecule has 0 bridgehead atoms. The molecule has 0 spiro atoms. The van der Waals surface area contributed by atoms with Crippen molar-refractivity contribution in [3.05, 3.63) is 130 Å². The minimum absolute atomic E-state index is 0.0488. The molecule has 5 N–H and O–H groups in total. The summed E-state index contributed by atoms with van der Waals surface area (Å²) >= 11 is 0. The van der Waals surface area contributed by atoms with Gasteiger partial charge in [-0.3, -0.25) is 9.59 Å². The number of benzene rings is 4. The maximum Gasteiger partial charge on any atom is 0.334 e. The number of nitrogen functional groups attached to an aromatic ring is 1. The van der Waals surface area contributed by atoms with Gasteiger partial charge in [0.1, 0.15) is 30.2 Å². The van der Waals surface area contributed by atoms with E-state index >= 15 is 0 Å². The Morgan fingerprint density at radius 3 is 2.45 bits per heavy atom. The van der Waals surface area contributed by atoms with Gasteiger partial charge in [0.2, 0.25) is 11.8 Å². The van der Waals surface area contributed by atoms with Crippen molar-refractivity contribution in [3.63, 3.8) is 0 Å². The number of piperazine rings is 1. The number of nitrogens with zero attached hydrogens (tertiary/aromatic N) is 5. The van der Waals surface area contributed by atoms with E-state index < -0.39 is 12.2 Å². The summed E-state index contributed by atoms with van der Waals surface area (Å²) in [5.74, 6) is -0.305. The molecule has 2 saturated heterocycles. The van der Waals surface area contributed by atoms with E-state index in [1.807, 2.05) is 66.7 Å². The van der Waals surface area contributed by atoms with Crippen LogP contribution in [-0.2, 0) is 42.2 Å². The maximum absolute atomic E-state index is 14.4. The molecule has 3 aliphatic rings. The highest BCUT2D eigenvalue weighted by Gasteiger charge is 2.50. The first-order valence-corrected chi connectivity index (χ1v) is 16.4. The molecular weight excluding hydrogens is 620 g/mol. The molecule has 252 valence electrons. The Morgan fingerprint density at radius 2 is 1.67 bits per heavy atom. The molecule has 49 heavy (non-hydrogen) atoms. The van der Waals surface area contributed by atoms with E-state index in [0.717, 1.165) is 44.2 Å². The quantitative estimate of drug-likeness (QED) is 0.214. The van der Waals surface area contributed by atoms with Crippen molar-refractivity contribution in [1.82, 2.24) is 25.1 Å². The molecule has 3 heterocycles. The van der Waals surface area contributed by atoms with E-state index in [4.69, 9.17) is 11.2 Å². The van der Waals surface area contributed by atoms with Crippen LogP contribution < -0.4 is 16.1 Å². The van der Waals surface area contributed by atoms with Crippen molar-refractivity contribution >= 4 is 29.2 Å². The zero-order valence-corrected chi connectivity index (χ0v) is 27.3. The molecule has 0 radical (unpaired) electrons. The molecule has 4 aromatic carbocycles. The second kappa shape index (κ2) is 13.6. The molecule has 1 unspecified atom stereocenters. The number of hydrogen-bond donors (Lipinski definition) is 4. The third-order valence-corrected chi connectivity index (χ3v) is 9.59. The molecule has 0 aliphatic carbocycles.